The number of nitrogens with two attached hydrogens (primary N) is 1. The van der Waals surface area contributed by atoms with Crippen LogP contribution in [0.15, 0.2) is 42.5 Å². The molecule has 0 heterocycles. The van der Waals surface area contributed by atoms with Crippen molar-refractivity contribution >= 4 is 11.4 Å². The zero-order chi connectivity index (χ0) is 13.8. The van der Waals surface area contributed by atoms with Crippen molar-refractivity contribution in [1.82, 2.24) is 0 Å². The van der Waals surface area contributed by atoms with Crippen LogP contribution in [0.4, 0.5) is 15.8 Å². The minimum Gasteiger partial charge on any atom is -0.399 e. The molecule has 0 saturated carbocycles. The lowest BCUT2D eigenvalue weighted by atomic mass is 10.1. The summed E-state index contributed by atoms with van der Waals surface area (Å²) < 4.78 is 13.8. The van der Waals surface area contributed by atoms with Gasteiger partial charge < -0.3 is 10.6 Å². The van der Waals surface area contributed by atoms with E-state index < -0.39 is 5.82 Å². The Morgan fingerprint density at radius 3 is 2.47 bits per heavy atom. The summed E-state index contributed by atoms with van der Waals surface area (Å²) in [5.41, 5.74) is 8.16. The summed E-state index contributed by atoms with van der Waals surface area (Å²) >= 11 is 0. The fourth-order valence-electron chi connectivity index (χ4n) is 1.87. The van der Waals surface area contributed by atoms with Crippen molar-refractivity contribution in [2.45, 2.75) is 6.54 Å². The standard InChI is InChI=1S/C15H14FN3/c1-19(10-11-2-5-13(18)6-3-11)15-7-4-12(9-17)8-14(15)16/h2-8H,10,18H2,1H3. The lowest BCUT2D eigenvalue weighted by molar-refractivity contribution is 0.622. The Morgan fingerprint density at radius 2 is 1.89 bits per heavy atom. The first-order valence-electron chi connectivity index (χ1n) is 5.85. The molecule has 0 aliphatic carbocycles. The minimum absolute atomic E-state index is 0.321. The maximum absolute atomic E-state index is 13.8. The van der Waals surface area contributed by atoms with Crippen LogP contribution in [0.25, 0.3) is 0 Å². The first kappa shape index (κ1) is 12.9. The Bertz CT molecular complexity index is 614. The molecule has 0 spiro atoms. The van der Waals surface area contributed by atoms with E-state index in [1.165, 1.54) is 6.07 Å². The van der Waals surface area contributed by atoms with Gasteiger partial charge in [0.2, 0.25) is 0 Å². The van der Waals surface area contributed by atoms with Crippen LogP contribution in [-0.2, 0) is 6.54 Å². The van der Waals surface area contributed by atoms with Crippen molar-refractivity contribution in [2.75, 3.05) is 17.7 Å². The van der Waals surface area contributed by atoms with Gasteiger partial charge in [0.15, 0.2) is 0 Å². The molecule has 0 atom stereocenters. The van der Waals surface area contributed by atoms with Gasteiger partial charge in [0.1, 0.15) is 5.82 Å². The molecule has 2 aromatic rings. The molecule has 0 unspecified atom stereocenters. The van der Waals surface area contributed by atoms with Crippen molar-refractivity contribution in [3.8, 4) is 6.07 Å². The SMILES string of the molecule is CN(Cc1ccc(N)cc1)c1ccc(C#N)cc1F. The Balaban J connectivity index is 2.18. The monoisotopic (exact) mass is 255 g/mol. The second kappa shape index (κ2) is 5.40. The van der Waals surface area contributed by atoms with E-state index in [2.05, 4.69) is 0 Å². The van der Waals surface area contributed by atoms with E-state index in [1.807, 2.05) is 30.3 Å². The molecular formula is C15H14FN3. The topological polar surface area (TPSA) is 53.0 Å². The average molecular weight is 255 g/mol. The number of nitrogens with zero attached hydrogens (tertiary/aromatic N) is 2. The van der Waals surface area contributed by atoms with Crippen LogP contribution < -0.4 is 10.6 Å². The molecule has 0 bridgehead atoms. The molecule has 0 radical (unpaired) electrons. The summed E-state index contributed by atoms with van der Waals surface area (Å²) in [5.74, 6) is -0.392. The molecule has 2 rings (SSSR count). The van der Waals surface area contributed by atoms with E-state index in [9.17, 15) is 4.39 Å². The Morgan fingerprint density at radius 1 is 1.21 bits per heavy atom. The van der Waals surface area contributed by atoms with Crippen molar-refractivity contribution in [3.05, 3.63) is 59.4 Å². The highest BCUT2D eigenvalue weighted by Gasteiger charge is 2.08. The molecule has 0 aliphatic rings. The third-order valence-corrected chi connectivity index (χ3v) is 2.89. The van der Waals surface area contributed by atoms with Gasteiger partial charge in [-0.3, -0.25) is 0 Å². The summed E-state index contributed by atoms with van der Waals surface area (Å²) in [5, 5.41) is 8.71. The molecule has 0 aliphatic heterocycles. The lowest BCUT2D eigenvalue weighted by Crippen LogP contribution is -2.17. The van der Waals surface area contributed by atoms with Crippen LogP contribution >= 0.6 is 0 Å². The maximum atomic E-state index is 13.8. The first-order chi connectivity index (χ1) is 9.10. The molecule has 4 heteroatoms. The fourth-order valence-corrected chi connectivity index (χ4v) is 1.87. The van der Waals surface area contributed by atoms with E-state index in [4.69, 9.17) is 11.0 Å². The minimum atomic E-state index is -0.392. The molecule has 2 N–H and O–H groups in total. The molecule has 2 aromatic carbocycles. The summed E-state index contributed by atoms with van der Waals surface area (Å²) in [6.07, 6.45) is 0. The van der Waals surface area contributed by atoms with E-state index in [0.29, 0.717) is 23.5 Å². The predicted octanol–water partition coefficient (Wildman–Crippen LogP) is 2.92. The normalized spacial score (nSPS) is 9.95. The Labute approximate surface area is 111 Å². The van der Waals surface area contributed by atoms with Crippen molar-refractivity contribution in [1.29, 1.82) is 5.26 Å². The quantitative estimate of drug-likeness (QED) is 0.858. The van der Waals surface area contributed by atoms with Crippen molar-refractivity contribution < 1.29 is 4.39 Å². The molecule has 0 aromatic heterocycles. The highest BCUT2D eigenvalue weighted by atomic mass is 19.1. The molecule has 3 nitrogen and oxygen atoms in total. The number of rotatable bonds is 3. The number of halogens is 1. The number of nitriles is 1. The van der Waals surface area contributed by atoms with E-state index in [-0.39, 0.29) is 0 Å². The van der Waals surface area contributed by atoms with E-state index in [1.54, 1.807) is 24.1 Å². The average Bonchev–Trinajstić information content (AvgIpc) is 2.41. The molecule has 0 saturated heterocycles. The second-order valence-electron chi connectivity index (χ2n) is 4.38. The fraction of sp³-hybridized carbons (Fsp3) is 0.133. The summed E-state index contributed by atoms with van der Waals surface area (Å²) in [6.45, 7) is 0.573. The van der Waals surface area contributed by atoms with Crippen molar-refractivity contribution in [3.63, 3.8) is 0 Å². The smallest absolute Gasteiger partial charge is 0.147 e. The van der Waals surface area contributed by atoms with Crippen LogP contribution in [0.2, 0.25) is 0 Å². The number of benzene rings is 2. The Hall–Kier alpha value is -2.54. The van der Waals surface area contributed by atoms with Gasteiger partial charge in [0, 0.05) is 19.3 Å². The molecule has 19 heavy (non-hydrogen) atoms. The van der Waals surface area contributed by atoms with Gasteiger partial charge in [0.25, 0.3) is 0 Å². The van der Waals surface area contributed by atoms with Gasteiger partial charge in [-0.2, -0.15) is 5.26 Å². The van der Waals surface area contributed by atoms with Gasteiger partial charge in [0.05, 0.1) is 17.3 Å². The molecular weight excluding hydrogens is 241 g/mol. The third-order valence-electron chi connectivity index (χ3n) is 2.89. The van der Waals surface area contributed by atoms with Crippen LogP contribution in [0, 0.1) is 17.1 Å². The highest BCUT2D eigenvalue weighted by molar-refractivity contribution is 5.51. The largest absolute Gasteiger partial charge is 0.399 e. The Kier molecular flexibility index (Phi) is 3.67. The van der Waals surface area contributed by atoms with Gasteiger partial charge in [-0.05, 0) is 35.9 Å². The lowest BCUT2D eigenvalue weighted by Gasteiger charge is -2.20. The summed E-state index contributed by atoms with van der Waals surface area (Å²) in [6, 6.07) is 13.8. The van der Waals surface area contributed by atoms with Crippen LogP contribution in [0.3, 0.4) is 0 Å². The number of nitrogen functional groups attached to an aromatic ring is 1. The van der Waals surface area contributed by atoms with E-state index >= 15 is 0 Å². The van der Waals surface area contributed by atoms with Crippen molar-refractivity contribution in [2.24, 2.45) is 0 Å². The van der Waals surface area contributed by atoms with Crippen LogP contribution in [0.5, 0.6) is 0 Å². The number of anilines is 2. The van der Waals surface area contributed by atoms with Gasteiger partial charge in [-0.15, -0.1) is 0 Å². The summed E-state index contributed by atoms with van der Waals surface area (Å²) in [7, 11) is 1.81. The third kappa shape index (κ3) is 3.02. The van der Waals surface area contributed by atoms with E-state index in [0.717, 1.165) is 5.56 Å². The molecule has 0 amide bonds. The summed E-state index contributed by atoms with van der Waals surface area (Å²) in [4.78, 5) is 1.79. The predicted molar refractivity (Wildman–Crippen MR) is 74.1 cm³/mol. The van der Waals surface area contributed by atoms with Gasteiger partial charge in [-0.1, -0.05) is 12.1 Å². The highest BCUT2D eigenvalue weighted by Crippen LogP contribution is 2.21. The van der Waals surface area contributed by atoms with Crippen LogP contribution in [-0.4, -0.2) is 7.05 Å². The van der Waals surface area contributed by atoms with Gasteiger partial charge in [-0.25, -0.2) is 4.39 Å². The first-order valence-corrected chi connectivity index (χ1v) is 5.85. The van der Waals surface area contributed by atoms with Gasteiger partial charge >= 0.3 is 0 Å². The molecule has 0 fully saturated rings. The second-order valence-corrected chi connectivity index (χ2v) is 4.38. The number of hydrogen-bond donors (Lipinski definition) is 1. The zero-order valence-electron chi connectivity index (χ0n) is 10.6. The van der Waals surface area contributed by atoms with Crippen LogP contribution in [0.1, 0.15) is 11.1 Å². The zero-order valence-corrected chi connectivity index (χ0v) is 10.6. The molecule has 96 valence electrons. The number of hydrogen-bond acceptors (Lipinski definition) is 3. The maximum Gasteiger partial charge on any atom is 0.147 e.